The molecule has 0 saturated carbocycles. The third-order valence-corrected chi connectivity index (χ3v) is 3.24. The quantitative estimate of drug-likeness (QED) is 0.863. The van der Waals surface area contributed by atoms with Crippen LogP contribution in [-0.2, 0) is 4.79 Å². The summed E-state index contributed by atoms with van der Waals surface area (Å²) < 4.78 is 5.13. The lowest BCUT2D eigenvalue weighted by atomic mass is 10.0. The van der Waals surface area contributed by atoms with Gasteiger partial charge >= 0.3 is 0 Å². The monoisotopic (exact) mass is 309 g/mol. The first kappa shape index (κ1) is 22.9. The van der Waals surface area contributed by atoms with Crippen LogP contribution in [0.5, 0.6) is 5.75 Å². The summed E-state index contributed by atoms with van der Waals surface area (Å²) in [7, 11) is 1.70. The molecule has 0 bridgehead atoms. The van der Waals surface area contributed by atoms with Gasteiger partial charge in [0, 0.05) is 12.5 Å². The van der Waals surface area contributed by atoms with Crippen molar-refractivity contribution in [3.8, 4) is 5.75 Å². The second-order valence-corrected chi connectivity index (χ2v) is 5.31. The van der Waals surface area contributed by atoms with Crippen molar-refractivity contribution in [2.45, 2.75) is 67.9 Å². The van der Waals surface area contributed by atoms with Crippen molar-refractivity contribution >= 4 is 5.78 Å². The summed E-state index contributed by atoms with van der Waals surface area (Å²) in [4.78, 5) is 10.7. The third kappa shape index (κ3) is 10.4. The zero-order valence-electron chi connectivity index (χ0n) is 16.0. The van der Waals surface area contributed by atoms with Crippen molar-refractivity contribution in [2.24, 2.45) is 0 Å². The van der Waals surface area contributed by atoms with Gasteiger partial charge in [0.15, 0.2) is 0 Å². The van der Waals surface area contributed by atoms with Gasteiger partial charge in [-0.1, -0.05) is 34.6 Å². The molecule has 0 aromatic heterocycles. The van der Waals surface area contributed by atoms with Crippen LogP contribution in [-0.4, -0.2) is 25.5 Å². The number of carbonyl (C=O) groups excluding carboxylic acids is 1. The maximum atomic E-state index is 10.7. The van der Waals surface area contributed by atoms with Gasteiger partial charge in [0.05, 0.1) is 13.7 Å². The Morgan fingerprint density at radius 2 is 1.59 bits per heavy atom. The molecule has 0 atom stereocenters. The molecule has 0 heterocycles. The highest BCUT2D eigenvalue weighted by atomic mass is 16.5. The number of aryl methyl sites for hydroxylation is 2. The van der Waals surface area contributed by atoms with E-state index in [2.05, 4.69) is 38.2 Å². The number of ether oxygens (including phenoxy) is 1. The molecular formula is C19H35NO2. The van der Waals surface area contributed by atoms with Crippen LogP contribution >= 0.6 is 0 Å². The molecular weight excluding hydrogens is 274 g/mol. The van der Waals surface area contributed by atoms with Crippen LogP contribution in [0.15, 0.2) is 12.1 Å². The molecule has 1 rings (SSSR count). The summed E-state index contributed by atoms with van der Waals surface area (Å²) in [5, 5.41) is 3.05. The van der Waals surface area contributed by atoms with Crippen molar-refractivity contribution in [1.29, 1.82) is 0 Å². The summed E-state index contributed by atoms with van der Waals surface area (Å²) in [5.41, 5.74) is 3.94. The average molecular weight is 309 g/mol. The molecule has 3 nitrogen and oxygen atoms in total. The Hall–Kier alpha value is -1.35. The van der Waals surface area contributed by atoms with Crippen LogP contribution in [0, 0.1) is 20.8 Å². The number of hydrogen-bond donors (Lipinski definition) is 1. The van der Waals surface area contributed by atoms with E-state index in [0.717, 1.165) is 5.75 Å². The molecule has 0 amide bonds. The molecule has 0 aliphatic rings. The smallest absolute Gasteiger partial charge is 0.146 e. The molecule has 0 aliphatic carbocycles. The molecule has 128 valence electrons. The second-order valence-electron chi connectivity index (χ2n) is 5.31. The van der Waals surface area contributed by atoms with E-state index in [-0.39, 0.29) is 5.78 Å². The molecule has 1 N–H and O–H groups in total. The van der Waals surface area contributed by atoms with E-state index in [1.807, 2.05) is 34.6 Å². The number of rotatable bonds is 5. The summed E-state index contributed by atoms with van der Waals surface area (Å²) in [5.74, 6) is 1.23. The van der Waals surface area contributed by atoms with Crippen LogP contribution in [0.2, 0.25) is 0 Å². The van der Waals surface area contributed by atoms with Crippen LogP contribution in [0.3, 0.4) is 0 Å². The van der Waals surface area contributed by atoms with Gasteiger partial charge < -0.3 is 10.1 Å². The normalized spacial score (nSPS) is 9.36. The van der Waals surface area contributed by atoms with Gasteiger partial charge in [-0.15, -0.1) is 0 Å². The Kier molecular flexibility index (Phi) is 13.9. The summed E-state index contributed by atoms with van der Waals surface area (Å²) >= 11 is 0. The molecule has 0 saturated heterocycles. The Labute approximate surface area is 137 Å². The van der Waals surface area contributed by atoms with Crippen LogP contribution in [0.4, 0.5) is 0 Å². The fourth-order valence-corrected chi connectivity index (χ4v) is 1.56. The highest BCUT2D eigenvalue weighted by Crippen LogP contribution is 2.20. The van der Waals surface area contributed by atoms with Crippen molar-refractivity contribution in [2.75, 3.05) is 13.7 Å². The summed E-state index contributed by atoms with van der Waals surface area (Å²) in [6, 6.07) is 4.53. The van der Waals surface area contributed by atoms with E-state index in [1.54, 1.807) is 7.11 Å². The van der Waals surface area contributed by atoms with Crippen LogP contribution < -0.4 is 10.1 Å². The third-order valence-electron chi connectivity index (χ3n) is 3.24. The molecule has 0 aliphatic heterocycles. The predicted octanol–water partition coefficient (Wildman–Crippen LogP) is 4.61. The Bertz CT molecular complexity index is 402. The van der Waals surface area contributed by atoms with Gasteiger partial charge in [0.25, 0.3) is 0 Å². The van der Waals surface area contributed by atoms with E-state index in [0.29, 0.717) is 19.0 Å². The number of hydrogen-bond acceptors (Lipinski definition) is 3. The molecule has 22 heavy (non-hydrogen) atoms. The van der Waals surface area contributed by atoms with E-state index in [4.69, 9.17) is 4.74 Å². The zero-order chi connectivity index (χ0) is 17.7. The summed E-state index contributed by atoms with van der Waals surface area (Å²) in [6.07, 6.45) is 0.639. The fourth-order valence-electron chi connectivity index (χ4n) is 1.56. The Morgan fingerprint density at radius 1 is 1.14 bits per heavy atom. The molecule has 1 aromatic rings. The zero-order valence-corrected chi connectivity index (χ0v) is 16.0. The number of carbonyl (C=O) groups is 1. The van der Waals surface area contributed by atoms with Gasteiger partial charge in [0.1, 0.15) is 11.5 Å². The van der Waals surface area contributed by atoms with Gasteiger partial charge in [0.2, 0.25) is 0 Å². The van der Waals surface area contributed by atoms with Crippen molar-refractivity contribution < 1.29 is 9.53 Å². The lowest BCUT2D eigenvalue weighted by Gasteiger charge is -2.07. The summed E-state index contributed by atoms with van der Waals surface area (Å²) in [6.45, 7) is 16.8. The minimum absolute atomic E-state index is 0.281. The van der Waals surface area contributed by atoms with Gasteiger partial charge in [-0.25, -0.2) is 0 Å². The van der Waals surface area contributed by atoms with Crippen molar-refractivity contribution in [3.63, 3.8) is 0 Å². The molecule has 0 fully saturated rings. The molecule has 0 unspecified atom stereocenters. The maximum absolute atomic E-state index is 10.7. The number of methoxy groups -OCH3 is 1. The minimum Gasteiger partial charge on any atom is -0.497 e. The van der Waals surface area contributed by atoms with Gasteiger partial charge in [-0.3, -0.25) is 4.79 Å². The number of benzene rings is 1. The lowest BCUT2D eigenvalue weighted by Crippen LogP contribution is -2.28. The lowest BCUT2D eigenvalue weighted by molar-refractivity contribution is -0.118. The largest absolute Gasteiger partial charge is 0.497 e. The standard InChI is InChI=1S/C10H14O.C7H15NO.C2H6/c1-7-5-10(11-4)6-8(2)9(7)3;1-4-7(9)5-8-6(2)3;1-2/h5-6H,1-4H3;6,8H,4-5H2,1-3H3;1-2H3. The minimum atomic E-state index is 0.281. The van der Waals surface area contributed by atoms with Crippen LogP contribution in [0.1, 0.15) is 57.7 Å². The van der Waals surface area contributed by atoms with Gasteiger partial charge in [-0.05, 0) is 49.6 Å². The molecule has 3 heteroatoms. The van der Waals surface area contributed by atoms with Crippen LogP contribution in [0.25, 0.3) is 0 Å². The first-order valence-corrected chi connectivity index (χ1v) is 8.18. The van der Waals surface area contributed by atoms with E-state index in [1.165, 1.54) is 16.7 Å². The Balaban J connectivity index is 0. The topological polar surface area (TPSA) is 38.3 Å². The van der Waals surface area contributed by atoms with Gasteiger partial charge in [-0.2, -0.15) is 0 Å². The van der Waals surface area contributed by atoms with E-state index in [9.17, 15) is 4.79 Å². The number of nitrogens with one attached hydrogen (secondary N) is 1. The molecule has 1 aromatic carbocycles. The molecule has 0 spiro atoms. The van der Waals surface area contributed by atoms with E-state index >= 15 is 0 Å². The highest BCUT2D eigenvalue weighted by molar-refractivity contribution is 5.80. The first-order valence-electron chi connectivity index (χ1n) is 8.18. The highest BCUT2D eigenvalue weighted by Gasteiger charge is 1.99. The maximum Gasteiger partial charge on any atom is 0.146 e. The average Bonchev–Trinajstić information content (AvgIpc) is 2.52. The van der Waals surface area contributed by atoms with E-state index < -0.39 is 0 Å². The number of Topliss-reactive ketones (excluding diaryl/α,β-unsaturated/α-hetero) is 1. The van der Waals surface area contributed by atoms with Crippen molar-refractivity contribution in [1.82, 2.24) is 5.32 Å². The fraction of sp³-hybridized carbons (Fsp3) is 0.632. The SMILES string of the molecule is CC.CCC(=O)CNC(C)C.COc1cc(C)c(C)c(C)c1. The predicted molar refractivity (Wildman–Crippen MR) is 97.0 cm³/mol. The van der Waals surface area contributed by atoms with Crippen molar-refractivity contribution in [3.05, 3.63) is 28.8 Å². The Morgan fingerprint density at radius 3 is 1.91 bits per heavy atom. The number of ketones is 1. The molecule has 0 radical (unpaired) electrons. The second kappa shape index (κ2) is 13.3. The first-order chi connectivity index (χ1) is 10.3.